The van der Waals surface area contributed by atoms with Crippen LogP contribution in [0.1, 0.15) is 10.4 Å². The highest BCUT2D eigenvalue weighted by atomic mass is 35.5. The molecule has 48 valence electrons. The lowest BCUT2D eigenvalue weighted by molar-refractivity contribution is 0.100. The highest BCUT2D eigenvalue weighted by molar-refractivity contribution is 6.33. The van der Waals surface area contributed by atoms with Crippen molar-refractivity contribution in [1.29, 1.82) is 0 Å². The average Bonchev–Trinajstić information content (AvgIpc) is 2.13. The maximum absolute atomic E-state index is 10.4. The molecule has 3 N–H and O–H groups in total. The molecule has 0 bridgehead atoms. The summed E-state index contributed by atoms with van der Waals surface area (Å²) in [6.45, 7) is 0. The molecule has 1 heterocycles. The molecule has 0 saturated heterocycles. The Morgan fingerprint density at radius 2 is 2.33 bits per heavy atom. The molecule has 0 atom stereocenters. The topological polar surface area (TPSA) is 58.9 Å². The normalized spacial score (nSPS) is 9.44. The summed E-state index contributed by atoms with van der Waals surface area (Å²) in [6, 6.07) is 0. The second-order valence-corrected chi connectivity index (χ2v) is 1.99. The van der Waals surface area contributed by atoms with Crippen LogP contribution in [-0.4, -0.2) is 10.9 Å². The van der Waals surface area contributed by atoms with Crippen molar-refractivity contribution in [3.8, 4) is 0 Å². The number of aromatic amines is 1. The minimum Gasteiger partial charge on any atom is -0.366 e. The Morgan fingerprint density at radius 3 is 2.56 bits per heavy atom. The second kappa shape index (κ2) is 2.11. The third-order valence-electron chi connectivity index (χ3n) is 0.960. The van der Waals surface area contributed by atoms with E-state index in [1.165, 1.54) is 12.4 Å². The largest absolute Gasteiger partial charge is 0.366 e. The number of hydrogen-bond donors (Lipinski definition) is 2. The van der Waals surface area contributed by atoms with E-state index in [4.69, 9.17) is 17.3 Å². The van der Waals surface area contributed by atoms with Gasteiger partial charge in [0.15, 0.2) is 0 Å². The maximum Gasteiger partial charge on any atom is 0.251 e. The van der Waals surface area contributed by atoms with E-state index in [1.807, 2.05) is 0 Å². The van der Waals surface area contributed by atoms with Crippen molar-refractivity contribution in [3.63, 3.8) is 0 Å². The van der Waals surface area contributed by atoms with E-state index in [9.17, 15) is 4.79 Å². The first-order valence-corrected chi connectivity index (χ1v) is 2.71. The Bertz CT molecular complexity index is 231. The Hall–Kier alpha value is -0.960. The zero-order valence-electron chi connectivity index (χ0n) is 4.52. The minimum atomic E-state index is -0.513. The Kier molecular flexibility index (Phi) is 1.44. The first kappa shape index (κ1) is 6.16. The molecule has 3 nitrogen and oxygen atoms in total. The van der Waals surface area contributed by atoms with Crippen LogP contribution < -0.4 is 5.73 Å². The first-order chi connectivity index (χ1) is 4.22. The maximum atomic E-state index is 10.4. The number of carbonyl (C=O) groups is 1. The number of carbonyl (C=O) groups excluding carboxylic acids is 1. The SMILES string of the molecule is NC(=O)c1c[nH]cc1Cl. The zero-order valence-corrected chi connectivity index (χ0v) is 5.27. The van der Waals surface area contributed by atoms with Crippen LogP contribution in [0.4, 0.5) is 0 Å². The van der Waals surface area contributed by atoms with E-state index < -0.39 is 5.91 Å². The third-order valence-corrected chi connectivity index (χ3v) is 1.27. The Balaban J connectivity index is 3.08. The molecule has 0 aliphatic heterocycles. The first-order valence-electron chi connectivity index (χ1n) is 2.34. The molecule has 0 saturated carbocycles. The van der Waals surface area contributed by atoms with Gasteiger partial charge in [-0.15, -0.1) is 0 Å². The van der Waals surface area contributed by atoms with E-state index in [0.717, 1.165) is 0 Å². The highest BCUT2D eigenvalue weighted by Crippen LogP contribution is 2.12. The molecule has 1 amide bonds. The van der Waals surface area contributed by atoms with Gasteiger partial charge in [-0.2, -0.15) is 0 Å². The molecule has 0 radical (unpaired) electrons. The quantitative estimate of drug-likeness (QED) is 0.601. The lowest BCUT2D eigenvalue weighted by atomic mass is 10.3. The molecule has 1 aromatic rings. The predicted molar refractivity (Wildman–Crippen MR) is 34.3 cm³/mol. The highest BCUT2D eigenvalue weighted by Gasteiger charge is 2.04. The summed E-state index contributed by atoms with van der Waals surface area (Å²) >= 11 is 5.50. The molecular weight excluding hydrogens is 140 g/mol. The summed E-state index contributed by atoms with van der Waals surface area (Å²) in [4.78, 5) is 13.0. The molecular formula is C5H5ClN2O. The van der Waals surface area contributed by atoms with Crippen LogP contribution in [0.25, 0.3) is 0 Å². The molecule has 9 heavy (non-hydrogen) atoms. The minimum absolute atomic E-state index is 0.330. The number of aromatic nitrogens is 1. The van der Waals surface area contributed by atoms with Gasteiger partial charge in [0.2, 0.25) is 0 Å². The van der Waals surface area contributed by atoms with Crippen LogP contribution in [0, 0.1) is 0 Å². The van der Waals surface area contributed by atoms with Crippen molar-refractivity contribution in [2.75, 3.05) is 0 Å². The Labute approximate surface area is 56.8 Å². The molecule has 0 spiro atoms. The summed E-state index contributed by atoms with van der Waals surface area (Å²) in [6.07, 6.45) is 2.96. The number of amides is 1. The monoisotopic (exact) mass is 144 g/mol. The predicted octanol–water partition coefficient (Wildman–Crippen LogP) is 0.767. The fraction of sp³-hybridized carbons (Fsp3) is 0. The average molecular weight is 145 g/mol. The number of nitrogens with two attached hydrogens (primary N) is 1. The van der Waals surface area contributed by atoms with E-state index in [1.54, 1.807) is 0 Å². The molecule has 4 heteroatoms. The molecule has 0 fully saturated rings. The molecule has 0 aliphatic rings. The van der Waals surface area contributed by atoms with Crippen molar-refractivity contribution >= 4 is 17.5 Å². The van der Waals surface area contributed by atoms with Gasteiger partial charge in [0.25, 0.3) is 5.91 Å². The van der Waals surface area contributed by atoms with Gasteiger partial charge in [0, 0.05) is 12.4 Å². The van der Waals surface area contributed by atoms with Crippen LogP contribution >= 0.6 is 11.6 Å². The van der Waals surface area contributed by atoms with E-state index in [2.05, 4.69) is 4.98 Å². The molecule has 1 aromatic heterocycles. The van der Waals surface area contributed by atoms with Gasteiger partial charge < -0.3 is 10.7 Å². The lowest BCUT2D eigenvalue weighted by Gasteiger charge is -1.85. The summed E-state index contributed by atoms with van der Waals surface area (Å²) in [5.74, 6) is -0.513. The lowest BCUT2D eigenvalue weighted by Crippen LogP contribution is -2.09. The van der Waals surface area contributed by atoms with Crippen molar-refractivity contribution in [1.82, 2.24) is 4.98 Å². The number of H-pyrrole nitrogens is 1. The van der Waals surface area contributed by atoms with Crippen LogP contribution in [0.3, 0.4) is 0 Å². The summed E-state index contributed by atoms with van der Waals surface area (Å²) in [7, 11) is 0. The molecule has 0 unspecified atom stereocenters. The van der Waals surface area contributed by atoms with Crippen molar-refractivity contribution in [2.24, 2.45) is 5.73 Å². The molecule has 1 rings (SSSR count). The van der Waals surface area contributed by atoms with Gasteiger partial charge in [-0.1, -0.05) is 11.6 Å². The van der Waals surface area contributed by atoms with Crippen molar-refractivity contribution in [2.45, 2.75) is 0 Å². The van der Waals surface area contributed by atoms with Crippen molar-refractivity contribution in [3.05, 3.63) is 23.0 Å². The van der Waals surface area contributed by atoms with E-state index in [-0.39, 0.29) is 0 Å². The number of primary amides is 1. The Morgan fingerprint density at radius 1 is 1.67 bits per heavy atom. The smallest absolute Gasteiger partial charge is 0.251 e. The van der Waals surface area contributed by atoms with Gasteiger partial charge in [-0.05, 0) is 0 Å². The van der Waals surface area contributed by atoms with Gasteiger partial charge >= 0.3 is 0 Å². The van der Waals surface area contributed by atoms with Crippen molar-refractivity contribution < 1.29 is 4.79 Å². The van der Waals surface area contributed by atoms with E-state index >= 15 is 0 Å². The van der Waals surface area contributed by atoms with Crippen LogP contribution in [0.2, 0.25) is 5.02 Å². The van der Waals surface area contributed by atoms with Gasteiger partial charge in [0.1, 0.15) is 0 Å². The van der Waals surface area contributed by atoms with E-state index in [0.29, 0.717) is 10.6 Å². The van der Waals surface area contributed by atoms with Gasteiger partial charge in [-0.3, -0.25) is 4.79 Å². The second-order valence-electron chi connectivity index (χ2n) is 1.58. The third kappa shape index (κ3) is 1.05. The summed E-state index contributed by atoms with van der Waals surface area (Å²) < 4.78 is 0. The fourth-order valence-corrected chi connectivity index (χ4v) is 0.744. The number of nitrogens with one attached hydrogen (secondary N) is 1. The van der Waals surface area contributed by atoms with Crippen LogP contribution in [0.5, 0.6) is 0 Å². The van der Waals surface area contributed by atoms with Gasteiger partial charge in [0.05, 0.1) is 10.6 Å². The van der Waals surface area contributed by atoms with Gasteiger partial charge in [-0.25, -0.2) is 0 Å². The van der Waals surface area contributed by atoms with Crippen LogP contribution in [-0.2, 0) is 0 Å². The standard InChI is InChI=1S/C5H5ClN2O/c6-4-2-8-1-3(4)5(7)9/h1-2,8H,(H2,7,9). The number of hydrogen-bond acceptors (Lipinski definition) is 1. The number of halogens is 1. The van der Waals surface area contributed by atoms with Crippen LogP contribution in [0.15, 0.2) is 12.4 Å². The molecule has 0 aliphatic carbocycles. The number of rotatable bonds is 1. The zero-order chi connectivity index (χ0) is 6.85. The summed E-state index contributed by atoms with van der Waals surface area (Å²) in [5.41, 5.74) is 5.25. The molecule has 0 aromatic carbocycles. The summed E-state index contributed by atoms with van der Waals surface area (Å²) in [5, 5.41) is 0.363. The fourth-order valence-electron chi connectivity index (χ4n) is 0.534.